The molecule has 0 aromatic carbocycles. The Morgan fingerprint density at radius 3 is 2.42 bits per heavy atom. The fourth-order valence-corrected chi connectivity index (χ4v) is 2.85. The molecule has 1 aliphatic rings. The van der Waals surface area contributed by atoms with E-state index in [1.807, 2.05) is 0 Å². The summed E-state index contributed by atoms with van der Waals surface area (Å²) >= 11 is 0. The van der Waals surface area contributed by atoms with Crippen molar-refractivity contribution in [2.45, 2.75) is 65.9 Å². The molecule has 3 N–H and O–H groups in total. The number of urea groups is 1. The highest BCUT2D eigenvalue weighted by molar-refractivity contribution is 5.73. The first kappa shape index (κ1) is 16.3. The van der Waals surface area contributed by atoms with E-state index in [2.05, 4.69) is 31.4 Å². The quantitative estimate of drug-likeness (QED) is 0.666. The van der Waals surface area contributed by atoms with Gasteiger partial charge < -0.3 is 15.7 Å². The molecule has 1 saturated carbocycles. The van der Waals surface area contributed by atoms with Crippen molar-refractivity contribution in [1.82, 2.24) is 10.6 Å². The minimum Gasteiger partial charge on any atom is -0.393 e. The molecule has 0 aromatic rings. The van der Waals surface area contributed by atoms with Gasteiger partial charge in [-0.3, -0.25) is 0 Å². The molecular weight excluding hydrogens is 240 g/mol. The Bertz CT molecular complexity index is 291. The van der Waals surface area contributed by atoms with Crippen molar-refractivity contribution in [3.05, 3.63) is 0 Å². The van der Waals surface area contributed by atoms with Crippen molar-refractivity contribution in [1.29, 1.82) is 0 Å². The standard InChI is InChI=1S/C15H30N2O2/c1-5-15(7-6-8-15)11-17-13(19)16-10-14(3,4)9-12(2)18/h12,18H,5-11H2,1-4H3,(H2,16,17,19). The van der Waals surface area contributed by atoms with Gasteiger partial charge in [0, 0.05) is 13.1 Å². The molecule has 4 nitrogen and oxygen atoms in total. The van der Waals surface area contributed by atoms with Crippen molar-refractivity contribution in [3.8, 4) is 0 Å². The van der Waals surface area contributed by atoms with Crippen LogP contribution in [0.3, 0.4) is 0 Å². The maximum atomic E-state index is 11.8. The van der Waals surface area contributed by atoms with Gasteiger partial charge in [0.05, 0.1) is 6.10 Å². The van der Waals surface area contributed by atoms with E-state index < -0.39 is 0 Å². The number of hydrogen-bond acceptors (Lipinski definition) is 2. The second-order valence-corrected chi connectivity index (χ2v) is 6.96. The van der Waals surface area contributed by atoms with Crippen LogP contribution < -0.4 is 10.6 Å². The van der Waals surface area contributed by atoms with Gasteiger partial charge in [-0.2, -0.15) is 0 Å². The molecule has 1 fully saturated rings. The van der Waals surface area contributed by atoms with Gasteiger partial charge in [0.2, 0.25) is 0 Å². The van der Waals surface area contributed by atoms with E-state index in [0.717, 1.165) is 13.0 Å². The molecule has 0 bridgehead atoms. The van der Waals surface area contributed by atoms with Crippen LogP contribution >= 0.6 is 0 Å². The molecule has 1 unspecified atom stereocenters. The van der Waals surface area contributed by atoms with Gasteiger partial charge in [0.1, 0.15) is 0 Å². The zero-order valence-electron chi connectivity index (χ0n) is 12.9. The van der Waals surface area contributed by atoms with E-state index in [1.165, 1.54) is 19.3 Å². The predicted octanol–water partition coefficient (Wildman–Crippen LogP) is 2.66. The number of aliphatic hydroxyl groups is 1. The van der Waals surface area contributed by atoms with Crippen molar-refractivity contribution in [2.75, 3.05) is 13.1 Å². The first-order valence-electron chi connectivity index (χ1n) is 7.48. The van der Waals surface area contributed by atoms with Crippen LogP contribution in [0.4, 0.5) is 4.79 Å². The molecule has 1 aliphatic carbocycles. The molecule has 0 aromatic heterocycles. The van der Waals surface area contributed by atoms with Crippen molar-refractivity contribution < 1.29 is 9.90 Å². The fourth-order valence-electron chi connectivity index (χ4n) is 2.85. The van der Waals surface area contributed by atoms with Crippen LogP contribution in [-0.2, 0) is 0 Å². The molecule has 0 radical (unpaired) electrons. The van der Waals surface area contributed by atoms with E-state index in [4.69, 9.17) is 0 Å². The monoisotopic (exact) mass is 270 g/mol. The van der Waals surface area contributed by atoms with Crippen molar-refractivity contribution >= 4 is 6.03 Å². The third-order valence-corrected chi connectivity index (χ3v) is 4.36. The van der Waals surface area contributed by atoms with Gasteiger partial charge in [-0.05, 0) is 43.4 Å². The number of aliphatic hydroxyl groups excluding tert-OH is 1. The zero-order valence-corrected chi connectivity index (χ0v) is 12.9. The third kappa shape index (κ3) is 5.39. The number of nitrogens with one attached hydrogen (secondary N) is 2. The van der Waals surface area contributed by atoms with Gasteiger partial charge in [0.15, 0.2) is 0 Å². The molecule has 4 heteroatoms. The highest BCUT2D eigenvalue weighted by Crippen LogP contribution is 2.42. The largest absolute Gasteiger partial charge is 0.393 e. The number of hydrogen-bond donors (Lipinski definition) is 3. The Morgan fingerprint density at radius 1 is 1.37 bits per heavy atom. The first-order chi connectivity index (χ1) is 8.79. The van der Waals surface area contributed by atoms with Gasteiger partial charge in [-0.25, -0.2) is 4.79 Å². The van der Waals surface area contributed by atoms with E-state index in [0.29, 0.717) is 18.4 Å². The smallest absolute Gasteiger partial charge is 0.314 e. The highest BCUT2D eigenvalue weighted by atomic mass is 16.3. The van der Waals surface area contributed by atoms with E-state index in [-0.39, 0.29) is 17.6 Å². The SMILES string of the molecule is CCC1(CNC(=O)NCC(C)(C)CC(C)O)CCC1. The van der Waals surface area contributed by atoms with E-state index >= 15 is 0 Å². The van der Waals surface area contributed by atoms with Crippen molar-refractivity contribution in [2.24, 2.45) is 10.8 Å². The lowest BCUT2D eigenvalue weighted by Gasteiger charge is -2.41. The van der Waals surface area contributed by atoms with Crippen LogP contribution in [-0.4, -0.2) is 30.3 Å². The maximum Gasteiger partial charge on any atom is 0.314 e. The Labute approximate surface area is 117 Å². The second kappa shape index (κ2) is 6.60. The average molecular weight is 270 g/mol. The fraction of sp³-hybridized carbons (Fsp3) is 0.933. The third-order valence-electron chi connectivity index (χ3n) is 4.36. The molecule has 112 valence electrons. The Morgan fingerprint density at radius 2 is 2.00 bits per heavy atom. The Balaban J connectivity index is 2.24. The molecule has 0 heterocycles. The van der Waals surface area contributed by atoms with Crippen LogP contribution in [0.5, 0.6) is 0 Å². The average Bonchev–Trinajstić information content (AvgIpc) is 2.24. The predicted molar refractivity (Wildman–Crippen MR) is 78.1 cm³/mol. The van der Waals surface area contributed by atoms with Crippen molar-refractivity contribution in [3.63, 3.8) is 0 Å². The summed E-state index contributed by atoms with van der Waals surface area (Å²) < 4.78 is 0. The minimum atomic E-state index is -0.335. The lowest BCUT2D eigenvalue weighted by Crippen LogP contribution is -2.47. The first-order valence-corrected chi connectivity index (χ1v) is 7.48. The van der Waals surface area contributed by atoms with Gasteiger partial charge >= 0.3 is 6.03 Å². The number of carbonyl (C=O) groups is 1. The summed E-state index contributed by atoms with van der Waals surface area (Å²) in [5.74, 6) is 0. The van der Waals surface area contributed by atoms with Gasteiger partial charge in [-0.15, -0.1) is 0 Å². The molecular formula is C15H30N2O2. The molecule has 1 rings (SSSR count). The Hall–Kier alpha value is -0.770. The molecule has 2 amide bonds. The minimum absolute atomic E-state index is 0.0789. The molecule has 19 heavy (non-hydrogen) atoms. The van der Waals surface area contributed by atoms with Crippen LogP contribution in [0.25, 0.3) is 0 Å². The summed E-state index contributed by atoms with van der Waals surface area (Å²) in [6.45, 7) is 9.46. The molecule has 0 aliphatic heterocycles. The van der Waals surface area contributed by atoms with Gasteiger partial charge in [0.25, 0.3) is 0 Å². The number of amides is 2. The maximum absolute atomic E-state index is 11.8. The molecule has 0 saturated heterocycles. The summed E-state index contributed by atoms with van der Waals surface area (Å²) in [4.78, 5) is 11.8. The molecule has 1 atom stereocenters. The second-order valence-electron chi connectivity index (χ2n) is 6.96. The lowest BCUT2D eigenvalue weighted by atomic mass is 9.67. The number of rotatable bonds is 7. The van der Waals surface area contributed by atoms with Crippen LogP contribution in [0.1, 0.15) is 59.8 Å². The lowest BCUT2D eigenvalue weighted by molar-refractivity contribution is 0.121. The highest BCUT2D eigenvalue weighted by Gasteiger charge is 2.35. The zero-order chi connectivity index (χ0) is 14.5. The Kier molecular flexibility index (Phi) is 5.65. The van der Waals surface area contributed by atoms with Gasteiger partial charge in [-0.1, -0.05) is 27.2 Å². The van der Waals surface area contributed by atoms with Crippen LogP contribution in [0, 0.1) is 10.8 Å². The summed E-state index contributed by atoms with van der Waals surface area (Å²) in [7, 11) is 0. The number of carbonyl (C=O) groups excluding carboxylic acids is 1. The summed E-state index contributed by atoms with van der Waals surface area (Å²) in [5, 5.41) is 15.3. The van der Waals surface area contributed by atoms with Crippen LogP contribution in [0.15, 0.2) is 0 Å². The topological polar surface area (TPSA) is 61.4 Å². The van der Waals surface area contributed by atoms with Crippen LogP contribution in [0.2, 0.25) is 0 Å². The summed E-state index contributed by atoms with van der Waals surface area (Å²) in [5.41, 5.74) is 0.275. The van der Waals surface area contributed by atoms with E-state index in [9.17, 15) is 9.90 Å². The normalized spacial score (nSPS) is 19.4. The van der Waals surface area contributed by atoms with E-state index in [1.54, 1.807) is 6.92 Å². The summed E-state index contributed by atoms with van der Waals surface area (Å²) in [6, 6.07) is -0.0848. The summed E-state index contributed by atoms with van der Waals surface area (Å²) in [6.07, 6.45) is 5.25. The molecule has 0 spiro atoms.